The summed E-state index contributed by atoms with van der Waals surface area (Å²) in [5.41, 5.74) is 20.0. The molecule has 6 N–H and O–H groups in total. The lowest BCUT2D eigenvalue weighted by molar-refractivity contribution is -0.149. The monoisotopic (exact) mass is 1280 g/mol. The van der Waals surface area contributed by atoms with Crippen LogP contribution in [-0.4, -0.2) is 136 Å². The highest BCUT2D eigenvalue weighted by Crippen LogP contribution is 2.70. The third kappa shape index (κ3) is 11.3. The molecule has 16 rings (SSSR count). The number of aromatic nitrogens is 9. The molecule has 2 bridgehead atoms. The summed E-state index contributed by atoms with van der Waals surface area (Å²) in [5, 5.41) is 13.6. The number of hydrogen-bond acceptors (Lipinski definition) is 15. The van der Waals surface area contributed by atoms with Gasteiger partial charge < -0.3 is 31.4 Å². The van der Waals surface area contributed by atoms with E-state index in [1.165, 1.54) is 48.1 Å². The van der Waals surface area contributed by atoms with E-state index in [1.54, 1.807) is 12.3 Å². The van der Waals surface area contributed by atoms with Crippen LogP contribution in [0.2, 0.25) is 0 Å². The highest BCUT2D eigenvalue weighted by molar-refractivity contribution is 5.83. The number of halogens is 10. The molecule has 0 aromatic carbocycles. The van der Waals surface area contributed by atoms with Gasteiger partial charge in [-0.2, -0.15) is 50.4 Å². The Bertz CT molecular complexity index is 3700. The number of alkyl halides is 10. The molecule has 1 spiro atoms. The fourth-order valence-corrected chi connectivity index (χ4v) is 16.9. The number of fused-ring (bicyclic) bond motifs is 5. The van der Waals surface area contributed by atoms with Crippen LogP contribution in [-0.2, 0) is 33.2 Å². The van der Waals surface area contributed by atoms with Crippen molar-refractivity contribution >= 4 is 23.2 Å². The standard InChI is InChI=1S/C23H29F2N5O2.C22H24F5N5O.C18H19F3N4O/c1-11(2)30-19(7-18(28-30)12-3-20(32-23(24)25)22(26)27-8-12)21-16-5-13(6-17(16)21)29-14-4-15(29)10-31-9-14;23-18(24)8-32-17(4-16(30-32)11-3-15(22(25,26)27)20(28)29-7-11)19-13-5-21(6-14(13)19)1-2-31(21)12-9-33-10-12;1-8(2)25-15(16-11-4-10(26)5-12(11)16)6-14(24-25)9-3-13(18(19,20)21)17(22)23-7-9/h3,7-8,11,13-17,21,23H,4-6,9-10H2,1-2H3,(H2,26,27);3-4,7,12-14,18-19H,1-2,5-6,8-10H2,(H2,28,29);3,6-8,11-12,16H,4-5H2,1-2H3,(H2,22,23)/t13?,14?,15?,16-,17+,21?;13-,14+,19?,21?;11-,12+,16?. The number of carbonyl (C=O) groups is 1. The van der Waals surface area contributed by atoms with Gasteiger partial charge in [0.1, 0.15) is 24.0 Å². The Morgan fingerprint density at radius 1 is 0.582 bits per heavy atom. The van der Waals surface area contributed by atoms with Crippen LogP contribution >= 0.6 is 0 Å². The van der Waals surface area contributed by atoms with Crippen LogP contribution in [0.1, 0.15) is 137 Å². The molecule has 10 heterocycles. The molecule has 6 saturated carbocycles. The van der Waals surface area contributed by atoms with Crippen LogP contribution in [0, 0.1) is 35.5 Å². The zero-order valence-corrected chi connectivity index (χ0v) is 50.5. The maximum atomic E-state index is 13.3. The van der Waals surface area contributed by atoms with Gasteiger partial charge in [0.15, 0.2) is 11.6 Å². The molecule has 28 heteroatoms. The van der Waals surface area contributed by atoms with Gasteiger partial charge in [0.2, 0.25) is 0 Å². The van der Waals surface area contributed by atoms with Crippen LogP contribution in [0.5, 0.6) is 5.75 Å². The van der Waals surface area contributed by atoms with Gasteiger partial charge in [0, 0.05) is 125 Å². The number of nitrogens with two attached hydrogens (primary N) is 3. The molecule has 91 heavy (non-hydrogen) atoms. The maximum Gasteiger partial charge on any atom is 0.419 e. The molecule has 0 amide bonds. The number of nitrogen functional groups attached to an aromatic ring is 3. The van der Waals surface area contributed by atoms with Crippen LogP contribution in [0.3, 0.4) is 0 Å². The van der Waals surface area contributed by atoms with Crippen LogP contribution < -0.4 is 21.9 Å². The molecule has 6 aromatic heterocycles. The van der Waals surface area contributed by atoms with Crippen molar-refractivity contribution in [1.82, 2.24) is 54.1 Å². The van der Waals surface area contributed by atoms with E-state index in [9.17, 15) is 48.7 Å². The molecular formula is C63H72F10N14O4. The zero-order valence-electron chi connectivity index (χ0n) is 50.5. The Morgan fingerprint density at radius 3 is 1.49 bits per heavy atom. The number of ether oxygens (including phenoxy) is 3. The lowest BCUT2D eigenvalue weighted by Crippen LogP contribution is -2.67. The number of rotatable bonds is 14. The number of anilines is 3. The molecule has 4 aliphatic heterocycles. The van der Waals surface area contributed by atoms with Crippen molar-refractivity contribution in [2.24, 2.45) is 35.5 Å². The number of pyridine rings is 3. The zero-order chi connectivity index (χ0) is 64.1. The summed E-state index contributed by atoms with van der Waals surface area (Å²) in [6.07, 6.45) is 0.430. The summed E-state index contributed by atoms with van der Waals surface area (Å²) in [6, 6.07) is 11.7. The van der Waals surface area contributed by atoms with E-state index in [0.29, 0.717) is 101 Å². The first-order chi connectivity index (χ1) is 43.2. The quantitative estimate of drug-likeness (QED) is 0.0863. The van der Waals surface area contributed by atoms with Gasteiger partial charge >= 0.3 is 19.0 Å². The smallest absolute Gasteiger partial charge is 0.419 e. The lowest BCUT2D eigenvalue weighted by atomic mass is 9.77. The van der Waals surface area contributed by atoms with Crippen molar-refractivity contribution in [1.29, 1.82) is 0 Å². The molecule has 10 aliphatic rings. The number of ketones is 1. The first-order valence-electron chi connectivity index (χ1n) is 31.4. The van der Waals surface area contributed by atoms with E-state index in [0.717, 1.165) is 75.8 Å². The average molecular weight is 1280 g/mol. The Morgan fingerprint density at radius 2 is 1.04 bits per heavy atom. The topological polar surface area (TPSA) is 221 Å². The first kappa shape index (κ1) is 61.6. The number of nitrogens with zero attached hydrogens (tertiary/aromatic N) is 11. The van der Waals surface area contributed by atoms with Crippen molar-refractivity contribution < 1.29 is 62.9 Å². The normalized spacial score (nSPS) is 30.4. The third-order valence-corrected chi connectivity index (χ3v) is 21.2. The average Bonchev–Trinajstić information content (AvgIpc) is 1.54. The maximum absolute atomic E-state index is 13.3. The van der Waals surface area contributed by atoms with Gasteiger partial charge in [-0.3, -0.25) is 28.6 Å². The lowest BCUT2D eigenvalue weighted by Gasteiger charge is -2.57. The fraction of sp³-hybridized carbons (Fsp3) is 0.603. The van der Waals surface area contributed by atoms with Crippen molar-refractivity contribution in [2.75, 3.05) is 50.2 Å². The largest absolute Gasteiger partial charge is 0.431 e. The summed E-state index contributed by atoms with van der Waals surface area (Å²) >= 11 is 0. The Hall–Kier alpha value is -6.91. The Labute approximate surface area is 517 Å². The van der Waals surface area contributed by atoms with E-state index in [4.69, 9.17) is 31.8 Å². The summed E-state index contributed by atoms with van der Waals surface area (Å²) in [6.45, 7) is 9.08. The second-order valence-corrected chi connectivity index (χ2v) is 27.2. The summed E-state index contributed by atoms with van der Waals surface area (Å²) in [4.78, 5) is 28.2. The van der Waals surface area contributed by atoms with E-state index >= 15 is 0 Å². The van der Waals surface area contributed by atoms with Crippen LogP contribution in [0.25, 0.3) is 33.8 Å². The first-order valence-corrected chi connectivity index (χ1v) is 31.4. The molecule has 13 atom stereocenters. The molecule has 488 valence electrons. The SMILES string of the molecule is CC(C)n1nc(-c2cnc(N)c(C(F)(F)F)c2)cc1C1[C@H]2CC(=O)C[C@@H]12.CC(C)n1nc(-c2cnc(N)c(OC(F)F)c2)cc1C1[C@H]2CC(N3C4COCC3C4)C[C@@H]12.Nc1ncc(-c2cc(C3[C@H]4CC5(CCN5C5COC5)C[C@@H]34)n(CC(F)F)n2)cc1C(F)(F)F. The number of morpholine rings is 1. The second kappa shape index (κ2) is 22.7. The van der Waals surface area contributed by atoms with Crippen molar-refractivity contribution in [3.8, 4) is 39.5 Å². The number of likely N-dealkylation sites (tertiary alicyclic amines) is 1. The number of Topliss-reactive ketones (excluding diaryl/α,β-unsaturated/α-hetero) is 1. The summed E-state index contributed by atoms with van der Waals surface area (Å²) in [5.74, 6) is 2.74. The number of hydrogen-bond donors (Lipinski definition) is 3. The van der Waals surface area contributed by atoms with Gasteiger partial charge in [-0.1, -0.05) is 0 Å². The van der Waals surface area contributed by atoms with Crippen LogP contribution in [0.15, 0.2) is 55.0 Å². The molecule has 10 fully saturated rings. The Kier molecular flexibility index (Phi) is 15.4. The Balaban J connectivity index is 0.000000120. The van der Waals surface area contributed by atoms with Crippen molar-refractivity contribution in [3.05, 3.63) is 83.2 Å². The minimum atomic E-state index is -4.66. The van der Waals surface area contributed by atoms with E-state index < -0.39 is 54.7 Å². The fourth-order valence-electron chi connectivity index (χ4n) is 16.9. The number of carbonyl (C=O) groups excluding carboxylic acids is 1. The van der Waals surface area contributed by atoms with E-state index in [1.807, 2.05) is 24.6 Å². The van der Waals surface area contributed by atoms with Gasteiger partial charge in [-0.25, -0.2) is 23.7 Å². The van der Waals surface area contributed by atoms with Crippen LogP contribution in [0.4, 0.5) is 61.4 Å². The minimum absolute atomic E-state index is 0.0542. The molecule has 7 unspecified atom stereocenters. The third-order valence-electron chi connectivity index (χ3n) is 21.2. The van der Waals surface area contributed by atoms with E-state index in [-0.39, 0.29) is 57.8 Å². The molecule has 0 radical (unpaired) electrons. The summed E-state index contributed by atoms with van der Waals surface area (Å²) < 4.78 is 152. The van der Waals surface area contributed by atoms with Gasteiger partial charge in [-0.05, 0) is 138 Å². The predicted molar refractivity (Wildman–Crippen MR) is 312 cm³/mol. The highest BCUT2D eigenvalue weighted by atomic mass is 19.4. The van der Waals surface area contributed by atoms with Gasteiger partial charge in [0.05, 0.1) is 60.7 Å². The van der Waals surface area contributed by atoms with E-state index in [2.05, 4.69) is 64.3 Å². The molecule has 6 aliphatic carbocycles. The van der Waals surface area contributed by atoms with Crippen molar-refractivity contribution in [3.63, 3.8) is 0 Å². The molecule has 18 nitrogen and oxygen atoms in total. The molecule has 4 saturated heterocycles. The summed E-state index contributed by atoms with van der Waals surface area (Å²) in [7, 11) is 0. The van der Waals surface area contributed by atoms with Gasteiger partial charge in [0.25, 0.3) is 6.43 Å². The van der Waals surface area contributed by atoms with Crippen molar-refractivity contribution in [2.45, 2.75) is 171 Å². The van der Waals surface area contributed by atoms with Gasteiger partial charge in [-0.15, -0.1) is 0 Å². The predicted octanol–water partition coefficient (Wildman–Crippen LogP) is 11.3. The molecule has 6 aromatic rings. The minimum Gasteiger partial charge on any atom is -0.431 e. The molecular weight excluding hydrogens is 1210 g/mol. The highest BCUT2D eigenvalue weighted by Gasteiger charge is 2.67. The second-order valence-electron chi connectivity index (χ2n) is 27.2.